The number of hydrogen-bond acceptors (Lipinski definition) is 1. The molecule has 1 amide bonds. The van der Waals surface area contributed by atoms with Crippen LogP contribution in [-0.2, 0) is 10.2 Å². The number of carbonyl (C=O) groups excluding carboxylic acids is 1. The van der Waals surface area contributed by atoms with E-state index in [4.69, 9.17) is 0 Å². The fourth-order valence-electron chi connectivity index (χ4n) is 2.94. The van der Waals surface area contributed by atoms with Crippen LogP contribution < -0.4 is 5.32 Å². The molecule has 21 heavy (non-hydrogen) atoms. The summed E-state index contributed by atoms with van der Waals surface area (Å²) in [6.45, 7) is 2.19. The van der Waals surface area contributed by atoms with E-state index in [1.54, 1.807) is 0 Å². The summed E-state index contributed by atoms with van der Waals surface area (Å²) < 4.78 is -0.00245. The lowest BCUT2D eigenvalue weighted by Crippen LogP contribution is -2.45. The summed E-state index contributed by atoms with van der Waals surface area (Å²) in [4.78, 5) is 11.0. The Balaban J connectivity index is 2.62. The molecule has 1 unspecified atom stereocenters. The van der Waals surface area contributed by atoms with E-state index in [9.17, 15) is 4.79 Å². The van der Waals surface area contributed by atoms with Gasteiger partial charge in [0.15, 0.2) is 0 Å². The third kappa shape index (κ3) is 3.28. The van der Waals surface area contributed by atoms with Crippen LogP contribution in [0.25, 0.3) is 0 Å². The molecule has 0 fully saturated rings. The molecular formula is C18H20INO. The molecule has 3 heteroatoms. The zero-order valence-electron chi connectivity index (χ0n) is 12.1. The Labute approximate surface area is 140 Å². The minimum Gasteiger partial charge on any atom is -0.346 e. The highest BCUT2D eigenvalue weighted by molar-refractivity contribution is 14.1. The highest BCUT2D eigenvalue weighted by Gasteiger charge is 2.39. The van der Waals surface area contributed by atoms with Gasteiger partial charge in [-0.3, -0.25) is 4.79 Å². The van der Waals surface area contributed by atoms with Crippen molar-refractivity contribution >= 4 is 29.0 Å². The normalized spacial score (nSPS) is 12.7. The van der Waals surface area contributed by atoms with Gasteiger partial charge in [0.2, 0.25) is 6.41 Å². The molecule has 0 spiro atoms. The molecule has 0 radical (unpaired) electrons. The Morgan fingerprint density at radius 3 is 1.90 bits per heavy atom. The first-order valence-corrected chi connectivity index (χ1v) is 8.45. The molecular weight excluding hydrogens is 373 g/mol. The summed E-state index contributed by atoms with van der Waals surface area (Å²) in [6.07, 6.45) is 2.83. The Bertz CT molecular complexity index is 516. The van der Waals surface area contributed by atoms with Gasteiger partial charge in [-0.25, -0.2) is 0 Å². The quantitative estimate of drug-likeness (QED) is 0.324. The smallest absolute Gasteiger partial charge is 0.207 e. The maximum atomic E-state index is 11.0. The van der Waals surface area contributed by atoms with E-state index in [1.165, 1.54) is 11.1 Å². The number of carbonyl (C=O) groups is 1. The van der Waals surface area contributed by atoms with Gasteiger partial charge >= 0.3 is 0 Å². The molecule has 0 saturated carbocycles. The van der Waals surface area contributed by atoms with Gasteiger partial charge in [0, 0.05) is 5.41 Å². The SMILES string of the molecule is CCCC(c1ccccc1)(c1ccccc1)C(I)NC=O. The molecule has 110 valence electrons. The summed E-state index contributed by atoms with van der Waals surface area (Å²) in [5.74, 6) is 0. The summed E-state index contributed by atoms with van der Waals surface area (Å²) in [6, 6.07) is 20.9. The lowest BCUT2D eigenvalue weighted by Gasteiger charge is -2.39. The number of halogens is 1. The predicted octanol–water partition coefficient (Wildman–Crippen LogP) is 4.28. The second-order valence-electron chi connectivity index (χ2n) is 5.10. The summed E-state index contributed by atoms with van der Waals surface area (Å²) >= 11 is 2.34. The van der Waals surface area contributed by atoms with E-state index in [0.29, 0.717) is 0 Å². The molecule has 2 aromatic rings. The van der Waals surface area contributed by atoms with Crippen molar-refractivity contribution in [1.82, 2.24) is 5.32 Å². The van der Waals surface area contributed by atoms with E-state index < -0.39 is 0 Å². The fourth-order valence-corrected chi connectivity index (χ4v) is 4.12. The molecule has 2 nitrogen and oxygen atoms in total. The first kappa shape index (κ1) is 16.0. The number of alkyl halides is 1. The van der Waals surface area contributed by atoms with Crippen molar-refractivity contribution in [2.24, 2.45) is 0 Å². The molecule has 0 saturated heterocycles. The second-order valence-corrected chi connectivity index (χ2v) is 6.35. The Morgan fingerprint density at radius 2 is 1.52 bits per heavy atom. The summed E-state index contributed by atoms with van der Waals surface area (Å²) in [5, 5.41) is 2.97. The minimum absolute atomic E-state index is 0.00245. The summed E-state index contributed by atoms with van der Waals surface area (Å²) in [5.41, 5.74) is 2.28. The van der Waals surface area contributed by atoms with Crippen LogP contribution >= 0.6 is 22.6 Å². The van der Waals surface area contributed by atoms with Crippen LogP contribution in [0.4, 0.5) is 0 Å². The van der Waals surface area contributed by atoms with Crippen LogP contribution in [-0.4, -0.2) is 10.5 Å². The first-order chi connectivity index (χ1) is 10.3. The third-order valence-electron chi connectivity index (χ3n) is 3.87. The molecule has 0 heterocycles. The molecule has 0 aliphatic carbocycles. The van der Waals surface area contributed by atoms with Crippen molar-refractivity contribution in [2.45, 2.75) is 29.2 Å². The van der Waals surface area contributed by atoms with Gasteiger partial charge in [0.05, 0.1) is 4.05 Å². The zero-order chi connectivity index (χ0) is 15.1. The zero-order valence-corrected chi connectivity index (χ0v) is 14.3. The molecule has 2 rings (SSSR count). The monoisotopic (exact) mass is 393 g/mol. The van der Waals surface area contributed by atoms with Crippen molar-refractivity contribution < 1.29 is 4.79 Å². The van der Waals surface area contributed by atoms with Gasteiger partial charge in [-0.2, -0.15) is 0 Å². The molecule has 0 aromatic heterocycles. The Kier molecular flexibility index (Phi) is 5.79. The van der Waals surface area contributed by atoms with E-state index in [2.05, 4.69) is 83.4 Å². The molecule has 1 atom stereocenters. The highest BCUT2D eigenvalue weighted by Crippen LogP contribution is 2.42. The molecule has 0 bridgehead atoms. The van der Waals surface area contributed by atoms with Crippen LogP contribution in [0.2, 0.25) is 0 Å². The first-order valence-electron chi connectivity index (χ1n) is 7.20. The van der Waals surface area contributed by atoms with Crippen LogP contribution in [0, 0.1) is 0 Å². The number of hydrogen-bond donors (Lipinski definition) is 1. The maximum Gasteiger partial charge on any atom is 0.207 e. The van der Waals surface area contributed by atoms with E-state index in [0.717, 1.165) is 19.3 Å². The van der Waals surface area contributed by atoms with Gasteiger partial charge < -0.3 is 5.32 Å². The summed E-state index contributed by atoms with van der Waals surface area (Å²) in [7, 11) is 0. The predicted molar refractivity (Wildman–Crippen MR) is 95.6 cm³/mol. The van der Waals surface area contributed by atoms with Crippen molar-refractivity contribution in [3.8, 4) is 0 Å². The van der Waals surface area contributed by atoms with E-state index in [-0.39, 0.29) is 9.46 Å². The van der Waals surface area contributed by atoms with Gasteiger partial charge in [-0.1, -0.05) is 96.6 Å². The lowest BCUT2D eigenvalue weighted by atomic mass is 9.71. The Hall–Kier alpha value is -1.36. The largest absolute Gasteiger partial charge is 0.346 e. The van der Waals surface area contributed by atoms with Crippen molar-refractivity contribution in [3.63, 3.8) is 0 Å². The minimum atomic E-state index is -0.210. The van der Waals surface area contributed by atoms with E-state index in [1.807, 2.05) is 12.1 Å². The standard InChI is InChI=1S/C18H20INO/c1-2-13-18(17(19)20-14-21,15-9-5-3-6-10-15)16-11-7-4-8-12-16/h3-12,14,17H,2,13H2,1H3,(H,20,21). The number of rotatable bonds is 7. The number of benzene rings is 2. The van der Waals surface area contributed by atoms with Crippen molar-refractivity contribution in [3.05, 3.63) is 71.8 Å². The topological polar surface area (TPSA) is 29.1 Å². The Morgan fingerprint density at radius 1 is 1.05 bits per heavy atom. The van der Waals surface area contributed by atoms with Crippen LogP contribution in [0.3, 0.4) is 0 Å². The van der Waals surface area contributed by atoms with E-state index >= 15 is 0 Å². The lowest BCUT2D eigenvalue weighted by molar-refractivity contribution is -0.109. The van der Waals surface area contributed by atoms with Crippen LogP contribution in [0.1, 0.15) is 30.9 Å². The number of nitrogens with one attached hydrogen (secondary N) is 1. The average Bonchev–Trinajstić information content (AvgIpc) is 2.54. The molecule has 0 aliphatic rings. The van der Waals surface area contributed by atoms with Crippen molar-refractivity contribution in [2.75, 3.05) is 0 Å². The third-order valence-corrected chi connectivity index (χ3v) is 5.29. The molecule has 2 aromatic carbocycles. The van der Waals surface area contributed by atoms with Gasteiger partial charge in [0.1, 0.15) is 0 Å². The number of amides is 1. The van der Waals surface area contributed by atoms with Crippen molar-refractivity contribution in [1.29, 1.82) is 0 Å². The fraction of sp³-hybridized carbons (Fsp3) is 0.278. The van der Waals surface area contributed by atoms with Gasteiger partial charge in [0.25, 0.3) is 0 Å². The molecule has 1 N–H and O–H groups in total. The maximum absolute atomic E-state index is 11.0. The molecule has 0 aliphatic heterocycles. The second kappa shape index (κ2) is 7.59. The van der Waals surface area contributed by atoms with Gasteiger partial charge in [-0.15, -0.1) is 0 Å². The average molecular weight is 393 g/mol. The van der Waals surface area contributed by atoms with Crippen LogP contribution in [0.5, 0.6) is 0 Å². The van der Waals surface area contributed by atoms with Crippen LogP contribution in [0.15, 0.2) is 60.7 Å². The van der Waals surface area contributed by atoms with Gasteiger partial charge in [-0.05, 0) is 17.5 Å². The highest BCUT2D eigenvalue weighted by atomic mass is 127.